The Labute approximate surface area is 131 Å². The van der Waals surface area contributed by atoms with E-state index in [0.29, 0.717) is 0 Å². The highest BCUT2D eigenvalue weighted by molar-refractivity contribution is 5.74. The number of methoxy groups -OCH3 is 1. The highest BCUT2D eigenvalue weighted by atomic mass is 16.5. The van der Waals surface area contributed by atoms with E-state index in [1.54, 1.807) is 13.3 Å². The van der Waals surface area contributed by atoms with Gasteiger partial charge in [-0.05, 0) is 38.2 Å². The van der Waals surface area contributed by atoms with Crippen LogP contribution in [0.4, 0.5) is 4.79 Å². The fourth-order valence-corrected chi connectivity index (χ4v) is 3.75. The first kappa shape index (κ1) is 15.3. The van der Waals surface area contributed by atoms with Crippen LogP contribution in [0, 0.1) is 0 Å². The molecule has 2 aliphatic rings. The number of aromatic nitrogens is 2. The first-order valence-electron chi connectivity index (χ1n) is 8.35. The second-order valence-electron chi connectivity index (χ2n) is 6.43. The molecule has 6 heteroatoms. The summed E-state index contributed by atoms with van der Waals surface area (Å²) in [4.78, 5) is 12.3. The van der Waals surface area contributed by atoms with E-state index >= 15 is 0 Å². The van der Waals surface area contributed by atoms with E-state index < -0.39 is 0 Å². The van der Waals surface area contributed by atoms with Crippen LogP contribution in [0.25, 0.3) is 0 Å². The second kappa shape index (κ2) is 7.13. The summed E-state index contributed by atoms with van der Waals surface area (Å²) in [6.45, 7) is 0. The van der Waals surface area contributed by atoms with E-state index in [-0.39, 0.29) is 30.3 Å². The molecule has 4 unspecified atom stereocenters. The third kappa shape index (κ3) is 3.61. The average Bonchev–Trinajstić information content (AvgIpc) is 3.19. The van der Waals surface area contributed by atoms with Crippen molar-refractivity contribution >= 4 is 6.03 Å². The lowest BCUT2D eigenvalue weighted by molar-refractivity contribution is 0.107. The Bertz CT molecular complexity index is 477. The van der Waals surface area contributed by atoms with Gasteiger partial charge >= 0.3 is 6.03 Å². The van der Waals surface area contributed by atoms with Crippen molar-refractivity contribution in [2.45, 2.75) is 69.2 Å². The lowest BCUT2D eigenvalue weighted by Gasteiger charge is -2.32. The Kier molecular flexibility index (Phi) is 4.97. The normalized spacial score (nSPS) is 31.9. The van der Waals surface area contributed by atoms with Gasteiger partial charge in [0.1, 0.15) is 0 Å². The summed E-state index contributed by atoms with van der Waals surface area (Å²) < 4.78 is 7.34. The first-order valence-corrected chi connectivity index (χ1v) is 8.35. The van der Waals surface area contributed by atoms with E-state index in [1.165, 1.54) is 6.42 Å². The minimum Gasteiger partial charge on any atom is -0.381 e. The van der Waals surface area contributed by atoms with Crippen LogP contribution in [0.1, 0.15) is 51.0 Å². The van der Waals surface area contributed by atoms with Gasteiger partial charge in [-0.2, -0.15) is 5.10 Å². The number of ether oxygens (including phenoxy) is 1. The van der Waals surface area contributed by atoms with Gasteiger partial charge in [0.05, 0.1) is 18.2 Å². The summed E-state index contributed by atoms with van der Waals surface area (Å²) in [5, 5.41) is 10.6. The number of carbonyl (C=O) groups excluding carboxylic acids is 1. The number of amides is 2. The number of urea groups is 1. The second-order valence-corrected chi connectivity index (χ2v) is 6.43. The van der Waals surface area contributed by atoms with Crippen molar-refractivity contribution in [3.8, 4) is 0 Å². The van der Waals surface area contributed by atoms with E-state index in [4.69, 9.17) is 4.74 Å². The van der Waals surface area contributed by atoms with E-state index in [2.05, 4.69) is 15.7 Å². The summed E-state index contributed by atoms with van der Waals surface area (Å²) in [5.41, 5.74) is 0. The molecule has 1 aromatic rings. The van der Waals surface area contributed by atoms with Gasteiger partial charge in [0.2, 0.25) is 0 Å². The van der Waals surface area contributed by atoms with Gasteiger partial charge in [0.15, 0.2) is 0 Å². The van der Waals surface area contributed by atoms with Gasteiger partial charge in [-0.25, -0.2) is 4.79 Å². The van der Waals surface area contributed by atoms with Gasteiger partial charge in [-0.15, -0.1) is 0 Å². The molecule has 122 valence electrons. The molecule has 2 aliphatic carbocycles. The standard InChI is InChI=1S/C16H26N4O2/c1-22-13-8-7-12(11-13)18-16(21)19-14-5-2-3-6-15(14)20-10-4-9-17-20/h4,9-10,12-15H,2-3,5-8,11H2,1H3,(H2,18,19,21). The predicted octanol–water partition coefficient (Wildman–Crippen LogP) is 2.23. The zero-order valence-corrected chi connectivity index (χ0v) is 13.2. The molecule has 6 nitrogen and oxygen atoms in total. The smallest absolute Gasteiger partial charge is 0.315 e. The summed E-state index contributed by atoms with van der Waals surface area (Å²) >= 11 is 0. The maximum atomic E-state index is 12.3. The molecule has 0 aromatic carbocycles. The van der Waals surface area contributed by atoms with E-state index in [1.807, 2.05) is 16.9 Å². The molecule has 2 fully saturated rings. The molecule has 2 amide bonds. The number of hydrogen-bond donors (Lipinski definition) is 2. The summed E-state index contributed by atoms with van der Waals surface area (Å²) in [6, 6.07) is 2.55. The zero-order valence-electron chi connectivity index (χ0n) is 13.2. The molecule has 0 saturated heterocycles. The molecule has 1 heterocycles. The molecule has 3 rings (SSSR count). The van der Waals surface area contributed by atoms with Gasteiger partial charge in [0.25, 0.3) is 0 Å². The third-order valence-corrected chi connectivity index (χ3v) is 4.96. The Balaban J connectivity index is 1.53. The van der Waals surface area contributed by atoms with Crippen LogP contribution in [0.15, 0.2) is 18.5 Å². The lowest BCUT2D eigenvalue weighted by Crippen LogP contribution is -2.49. The quantitative estimate of drug-likeness (QED) is 0.896. The van der Waals surface area contributed by atoms with Crippen LogP contribution in [0.2, 0.25) is 0 Å². The lowest BCUT2D eigenvalue weighted by atomic mass is 9.90. The fourth-order valence-electron chi connectivity index (χ4n) is 3.75. The average molecular weight is 306 g/mol. The van der Waals surface area contributed by atoms with Crippen molar-refractivity contribution in [1.82, 2.24) is 20.4 Å². The fraction of sp³-hybridized carbons (Fsp3) is 0.750. The topological polar surface area (TPSA) is 68.2 Å². The summed E-state index contributed by atoms with van der Waals surface area (Å²) in [6.07, 6.45) is 11.5. The molecule has 0 spiro atoms. The highest BCUT2D eigenvalue weighted by Gasteiger charge is 2.30. The third-order valence-electron chi connectivity index (χ3n) is 4.96. The van der Waals surface area contributed by atoms with Gasteiger partial charge in [-0.3, -0.25) is 4.68 Å². The van der Waals surface area contributed by atoms with Crippen molar-refractivity contribution in [2.75, 3.05) is 7.11 Å². The van der Waals surface area contributed by atoms with Gasteiger partial charge < -0.3 is 15.4 Å². The summed E-state index contributed by atoms with van der Waals surface area (Å²) in [7, 11) is 1.74. The molecule has 4 atom stereocenters. The monoisotopic (exact) mass is 306 g/mol. The number of nitrogens with one attached hydrogen (secondary N) is 2. The Morgan fingerprint density at radius 1 is 1.23 bits per heavy atom. The van der Waals surface area contributed by atoms with Gasteiger partial charge in [0, 0.05) is 25.5 Å². The molecular formula is C16H26N4O2. The van der Waals surface area contributed by atoms with E-state index in [9.17, 15) is 4.79 Å². The molecule has 1 aromatic heterocycles. The largest absolute Gasteiger partial charge is 0.381 e. The Morgan fingerprint density at radius 3 is 2.82 bits per heavy atom. The number of rotatable bonds is 4. The minimum atomic E-state index is -0.0502. The number of carbonyl (C=O) groups is 1. The molecule has 2 N–H and O–H groups in total. The van der Waals surface area contributed by atoms with Crippen LogP contribution < -0.4 is 10.6 Å². The van der Waals surface area contributed by atoms with Crippen LogP contribution in [-0.2, 0) is 4.74 Å². The number of hydrogen-bond acceptors (Lipinski definition) is 3. The van der Waals surface area contributed by atoms with Crippen molar-refractivity contribution in [3.63, 3.8) is 0 Å². The Morgan fingerprint density at radius 2 is 2.09 bits per heavy atom. The van der Waals surface area contributed by atoms with Gasteiger partial charge in [-0.1, -0.05) is 12.8 Å². The van der Waals surface area contributed by atoms with Crippen LogP contribution in [0.5, 0.6) is 0 Å². The predicted molar refractivity (Wildman–Crippen MR) is 83.6 cm³/mol. The number of nitrogens with zero attached hydrogens (tertiary/aromatic N) is 2. The molecule has 0 radical (unpaired) electrons. The SMILES string of the molecule is COC1CCC(NC(=O)NC2CCCCC2n2cccn2)C1. The summed E-state index contributed by atoms with van der Waals surface area (Å²) in [5.74, 6) is 0. The Hall–Kier alpha value is -1.56. The maximum Gasteiger partial charge on any atom is 0.315 e. The van der Waals surface area contributed by atoms with Crippen molar-refractivity contribution < 1.29 is 9.53 Å². The zero-order chi connectivity index (χ0) is 15.4. The molecule has 0 aliphatic heterocycles. The van der Waals surface area contributed by atoms with Crippen molar-refractivity contribution in [2.24, 2.45) is 0 Å². The van der Waals surface area contributed by atoms with Crippen LogP contribution >= 0.6 is 0 Å². The van der Waals surface area contributed by atoms with E-state index in [0.717, 1.165) is 38.5 Å². The van der Waals surface area contributed by atoms with Crippen LogP contribution in [0.3, 0.4) is 0 Å². The minimum absolute atomic E-state index is 0.0502. The first-order chi connectivity index (χ1) is 10.8. The maximum absolute atomic E-state index is 12.3. The van der Waals surface area contributed by atoms with Crippen LogP contribution in [-0.4, -0.2) is 41.1 Å². The molecule has 22 heavy (non-hydrogen) atoms. The molecular weight excluding hydrogens is 280 g/mol. The molecule has 2 saturated carbocycles. The van der Waals surface area contributed by atoms with Crippen molar-refractivity contribution in [1.29, 1.82) is 0 Å². The highest BCUT2D eigenvalue weighted by Crippen LogP contribution is 2.28. The molecule has 0 bridgehead atoms. The van der Waals surface area contributed by atoms with Crippen molar-refractivity contribution in [3.05, 3.63) is 18.5 Å².